The van der Waals surface area contributed by atoms with E-state index < -0.39 is 18.2 Å². The molecule has 332 valence electrons. The number of ether oxygens (including phenoxy) is 3. The third-order valence-electron chi connectivity index (χ3n) is 10.7. The SMILES string of the molecule is CC1Cc2cc(Br)sc2CCN1.CCOC(=O)N1CCc2sccc2C(=O)C1.CCOC(=O)N1CCc2sccc2C(=O)C1C.CCOC(=O)N1CCc2sccc2CC1C. The molecular weight excluding hydrogens is 921 g/mol. The van der Waals surface area contributed by atoms with Crippen molar-refractivity contribution < 1.29 is 38.2 Å². The predicted molar refractivity (Wildman–Crippen MR) is 248 cm³/mol. The summed E-state index contributed by atoms with van der Waals surface area (Å²) in [6.07, 6.45) is 4.75. The average molecular weight is 978 g/mol. The van der Waals surface area contributed by atoms with Crippen LogP contribution >= 0.6 is 61.3 Å². The van der Waals surface area contributed by atoms with E-state index in [2.05, 4.69) is 52.6 Å². The Morgan fingerprint density at radius 1 is 0.705 bits per heavy atom. The molecule has 3 unspecified atom stereocenters. The number of halogens is 1. The summed E-state index contributed by atoms with van der Waals surface area (Å²) in [5.74, 6) is 0.00797. The van der Waals surface area contributed by atoms with Gasteiger partial charge >= 0.3 is 18.3 Å². The van der Waals surface area contributed by atoms with Crippen LogP contribution < -0.4 is 5.32 Å². The minimum atomic E-state index is -0.440. The van der Waals surface area contributed by atoms with Crippen LogP contribution in [0.4, 0.5) is 14.4 Å². The molecule has 17 heteroatoms. The van der Waals surface area contributed by atoms with Crippen molar-refractivity contribution in [3.05, 3.63) is 86.0 Å². The van der Waals surface area contributed by atoms with Gasteiger partial charge in [0.1, 0.15) is 0 Å². The molecule has 0 radical (unpaired) electrons. The molecule has 0 aromatic carbocycles. The molecule has 61 heavy (non-hydrogen) atoms. The molecule has 3 atom stereocenters. The van der Waals surface area contributed by atoms with Crippen molar-refractivity contribution in [2.75, 3.05) is 52.5 Å². The van der Waals surface area contributed by atoms with Crippen molar-refractivity contribution >= 4 is 91.1 Å². The maximum absolute atomic E-state index is 12.2. The number of nitrogens with zero attached hydrogens (tertiary/aromatic N) is 3. The molecule has 8 rings (SSSR count). The van der Waals surface area contributed by atoms with E-state index in [0.29, 0.717) is 39.0 Å². The van der Waals surface area contributed by atoms with E-state index >= 15 is 0 Å². The Labute approximate surface area is 383 Å². The Morgan fingerprint density at radius 2 is 1.28 bits per heavy atom. The van der Waals surface area contributed by atoms with Crippen LogP contribution in [0.1, 0.15) is 92.9 Å². The van der Waals surface area contributed by atoms with Gasteiger partial charge in [-0.15, -0.1) is 45.3 Å². The van der Waals surface area contributed by atoms with Crippen LogP contribution in [-0.4, -0.2) is 115 Å². The number of thiophene rings is 4. The van der Waals surface area contributed by atoms with Crippen molar-refractivity contribution in [2.24, 2.45) is 0 Å². The highest BCUT2D eigenvalue weighted by molar-refractivity contribution is 9.11. The van der Waals surface area contributed by atoms with Crippen molar-refractivity contribution in [3.63, 3.8) is 0 Å². The standard InChI is InChI=1S/C12H15NO3S.C12H17NO2S.C11H13NO3S.C9H12BrNS/c1-3-16-12(15)13-6-4-10-9(5-7-17-10)11(14)8(13)2;1-3-15-12(14)13-6-4-11-10(5-7-16-11)8-9(13)2;1-2-15-11(14)12-5-3-10-8(4-6-16-10)9(13)7-12;1-6-4-7-5-9(10)12-8(7)2-3-11-6/h5,7-8H,3-4,6H2,1-2H3;5,7,9H,3-4,6,8H2,1-2H3;4,6H,2-3,5,7H2,1H3;5-6,11H,2-4H2,1H3. The van der Waals surface area contributed by atoms with Crippen LogP contribution in [0.25, 0.3) is 0 Å². The molecule has 0 fully saturated rings. The van der Waals surface area contributed by atoms with Gasteiger partial charge in [-0.1, -0.05) is 0 Å². The summed E-state index contributed by atoms with van der Waals surface area (Å²) in [4.78, 5) is 68.9. The maximum atomic E-state index is 12.2. The van der Waals surface area contributed by atoms with Gasteiger partial charge in [-0.3, -0.25) is 14.5 Å². The molecular formula is C44H57BrN4O8S4. The fourth-order valence-corrected chi connectivity index (χ4v) is 11.9. The molecule has 4 aliphatic heterocycles. The van der Waals surface area contributed by atoms with E-state index in [9.17, 15) is 24.0 Å². The molecule has 8 heterocycles. The topological polar surface area (TPSA) is 135 Å². The number of nitrogens with one attached hydrogen (secondary N) is 1. The number of hydrogen-bond acceptors (Lipinski definition) is 13. The van der Waals surface area contributed by atoms with Gasteiger partial charge in [0.25, 0.3) is 0 Å². The van der Waals surface area contributed by atoms with Crippen LogP contribution in [0.15, 0.2) is 44.2 Å². The number of fused-ring (bicyclic) bond motifs is 4. The second kappa shape index (κ2) is 23.7. The average Bonchev–Trinajstić information content (AvgIpc) is 4.00. The number of hydrogen-bond donors (Lipinski definition) is 1. The predicted octanol–water partition coefficient (Wildman–Crippen LogP) is 9.56. The molecule has 4 aromatic heterocycles. The van der Waals surface area contributed by atoms with Gasteiger partial charge in [-0.25, -0.2) is 14.4 Å². The molecule has 0 spiro atoms. The normalized spacial score (nSPS) is 19.5. The quantitative estimate of drug-likeness (QED) is 0.199. The summed E-state index contributed by atoms with van der Waals surface area (Å²) in [7, 11) is 0. The Bertz CT molecular complexity index is 2090. The lowest BCUT2D eigenvalue weighted by Crippen LogP contribution is -2.43. The summed E-state index contributed by atoms with van der Waals surface area (Å²) in [5.41, 5.74) is 4.44. The van der Waals surface area contributed by atoms with Gasteiger partial charge in [0.15, 0.2) is 11.6 Å². The monoisotopic (exact) mass is 976 g/mol. The second-order valence-corrected chi connectivity index (χ2v) is 20.4. The number of rotatable bonds is 3. The molecule has 4 aliphatic rings. The molecule has 3 amide bonds. The Balaban J connectivity index is 0.000000155. The lowest BCUT2D eigenvalue weighted by molar-refractivity contribution is 0.0737. The number of ketones is 2. The van der Waals surface area contributed by atoms with E-state index in [-0.39, 0.29) is 30.2 Å². The van der Waals surface area contributed by atoms with Gasteiger partial charge in [0, 0.05) is 81.7 Å². The number of carbonyl (C=O) groups is 5. The largest absolute Gasteiger partial charge is 0.450 e. The Hall–Kier alpha value is -3.61. The molecule has 12 nitrogen and oxygen atoms in total. The van der Waals surface area contributed by atoms with Gasteiger partial charge < -0.3 is 29.3 Å². The Morgan fingerprint density at radius 3 is 1.98 bits per heavy atom. The molecule has 4 aromatic rings. The Kier molecular flexibility index (Phi) is 18.8. The number of Topliss-reactive ketones (excluding diaryl/α,β-unsaturated/α-hetero) is 2. The van der Waals surface area contributed by atoms with Crippen molar-refractivity contribution in [3.8, 4) is 0 Å². The number of amides is 3. The fourth-order valence-electron chi connectivity index (χ4n) is 7.48. The van der Waals surface area contributed by atoms with Gasteiger partial charge in [-0.05, 0) is 135 Å². The van der Waals surface area contributed by atoms with Gasteiger partial charge in [-0.2, -0.15) is 0 Å². The first-order chi connectivity index (χ1) is 29.3. The highest BCUT2D eigenvalue weighted by Crippen LogP contribution is 2.30. The van der Waals surface area contributed by atoms with E-state index in [4.69, 9.17) is 14.2 Å². The molecule has 0 saturated carbocycles. The third kappa shape index (κ3) is 13.2. The van der Waals surface area contributed by atoms with Gasteiger partial charge in [0.2, 0.25) is 0 Å². The van der Waals surface area contributed by atoms with E-state index in [0.717, 1.165) is 59.7 Å². The highest BCUT2D eigenvalue weighted by Gasteiger charge is 2.32. The molecule has 0 bridgehead atoms. The fraction of sp³-hybridized carbons (Fsp3) is 0.523. The maximum Gasteiger partial charge on any atom is 0.410 e. The van der Waals surface area contributed by atoms with Crippen molar-refractivity contribution in [2.45, 2.75) is 98.2 Å². The lowest BCUT2D eigenvalue weighted by Gasteiger charge is -2.26. The van der Waals surface area contributed by atoms with Crippen LogP contribution in [0.2, 0.25) is 0 Å². The number of carbonyl (C=O) groups excluding carboxylic acids is 5. The zero-order valence-corrected chi connectivity index (χ0v) is 40.6. The molecule has 1 N–H and O–H groups in total. The first kappa shape index (κ1) is 48.4. The first-order valence-electron chi connectivity index (χ1n) is 20.9. The zero-order chi connectivity index (χ0) is 44.1. The minimum Gasteiger partial charge on any atom is -0.450 e. The lowest BCUT2D eigenvalue weighted by atomic mass is 10.1. The van der Waals surface area contributed by atoms with E-state index in [1.807, 2.05) is 46.1 Å². The summed E-state index contributed by atoms with van der Waals surface area (Å²) in [6, 6.07) is 8.53. The zero-order valence-electron chi connectivity index (χ0n) is 35.8. The van der Waals surface area contributed by atoms with Crippen LogP contribution in [0, 0.1) is 0 Å². The summed E-state index contributed by atoms with van der Waals surface area (Å²) >= 11 is 10.3. The molecule has 0 saturated heterocycles. The first-order valence-corrected chi connectivity index (χ1v) is 25.1. The van der Waals surface area contributed by atoms with Crippen LogP contribution in [0.3, 0.4) is 0 Å². The summed E-state index contributed by atoms with van der Waals surface area (Å²) < 4.78 is 16.2. The summed E-state index contributed by atoms with van der Waals surface area (Å²) in [6.45, 7) is 15.7. The van der Waals surface area contributed by atoms with Crippen molar-refractivity contribution in [1.29, 1.82) is 0 Å². The molecule has 0 aliphatic carbocycles. The van der Waals surface area contributed by atoms with Crippen LogP contribution in [0.5, 0.6) is 0 Å². The van der Waals surface area contributed by atoms with Crippen molar-refractivity contribution in [1.82, 2.24) is 20.0 Å². The smallest absolute Gasteiger partial charge is 0.410 e. The van der Waals surface area contributed by atoms with E-state index in [1.54, 1.807) is 59.7 Å². The second-order valence-electron chi connectivity index (χ2n) is 14.9. The highest BCUT2D eigenvalue weighted by atomic mass is 79.9. The third-order valence-corrected chi connectivity index (χ3v) is 15.4. The van der Waals surface area contributed by atoms with Crippen LogP contribution in [-0.2, 0) is 52.7 Å². The summed E-state index contributed by atoms with van der Waals surface area (Å²) in [5, 5.41) is 9.47. The minimum absolute atomic E-state index is 0.00167. The van der Waals surface area contributed by atoms with Gasteiger partial charge in [0.05, 0.1) is 36.2 Å². The van der Waals surface area contributed by atoms with E-state index in [1.165, 1.54) is 42.4 Å².